The lowest BCUT2D eigenvalue weighted by atomic mass is 9.37. The van der Waals surface area contributed by atoms with Gasteiger partial charge in [0.1, 0.15) is 95.8 Å². The molecule has 202 valence electrons. The Morgan fingerprint density at radius 3 is 1.81 bits per heavy atom. The van der Waals surface area contributed by atoms with Gasteiger partial charge in [0.2, 0.25) is 0 Å². The van der Waals surface area contributed by atoms with Crippen molar-refractivity contribution in [3.05, 3.63) is 35.7 Å². The number of benzene rings is 2. The fourth-order valence-electron chi connectivity index (χ4n) is 5.88. The van der Waals surface area contributed by atoms with E-state index in [9.17, 15) is 18.0 Å². The second kappa shape index (κ2) is 10.4. The van der Waals surface area contributed by atoms with Crippen molar-refractivity contribution in [1.82, 2.24) is 14.9 Å². The number of nitrogens with zero attached hydrogens (tertiary/aromatic N) is 3. The first kappa shape index (κ1) is 32.1. The summed E-state index contributed by atoms with van der Waals surface area (Å²) in [6, 6.07) is 5.71. The molecule has 1 aliphatic rings. The summed E-state index contributed by atoms with van der Waals surface area (Å²) in [7, 11) is 23.4. The summed E-state index contributed by atoms with van der Waals surface area (Å²) in [5, 5.41) is -2.60. The van der Waals surface area contributed by atoms with E-state index >= 15 is 0 Å². The zero-order valence-electron chi connectivity index (χ0n) is 26.5. The van der Waals surface area contributed by atoms with E-state index in [2.05, 4.69) is 4.74 Å². The molecule has 0 saturated carbocycles. The van der Waals surface area contributed by atoms with Gasteiger partial charge in [-0.3, -0.25) is 4.79 Å². The average molecular weight is 557 g/mol. The Balaban J connectivity index is 1.98. The van der Waals surface area contributed by atoms with Crippen molar-refractivity contribution >= 4 is 133 Å². The van der Waals surface area contributed by atoms with E-state index in [1.807, 2.05) is 99.1 Å². The van der Waals surface area contributed by atoms with Crippen LogP contribution in [0, 0.1) is 0 Å². The number of amides is 1. The third-order valence-corrected chi connectivity index (χ3v) is 9.18. The molecule has 6 nitrogen and oxygen atoms in total. The monoisotopic (exact) mass is 559 g/mol. The molecule has 1 amide bonds. The molecular weight excluding hydrogens is 529 g/mol. The van der Waals surface area contributed by atoms with E-state index in [-0.39, 0.29) is 11.7 Å². The zero-order chi connectivity index (χ0) is 31.7. The van der Waals surface area contributed by atoms with Crippen LogP contribution in [-0.4, -0.2) is 132 Å². The summed E-state index contributed by atoms with van der Waals surface area (Å²) in [4.78, 5) is 26.4. The summed E-state index contributed by atoms with van der Waals surface area (Å²) >= 11 is 0. The van der Waals surface area contributed by atoms with Crippen molar-refractivity contribution in [2.75, 3.05) is 0 Å². The molecule has 0 aliphatic carbocycles. The Kier molecular flexibility index (Phi) is 7.95. The van der Waals surface area contributed by atoms with Crippen molar-refractivity contribution in [2.45, 2.75) is 22.4 Å². The van der Waals surface area contributed by atoms with Gasteiger partial charge in [-0.1, -0.05) is 34.0 Å². The van der Waals surface area contributed by atoms with Gasteiger partial charge >= 0.3 is 6.36 Å². The smallest absolute Gasteiger partial charge is 0.504 e. The highest BCUT2D eigenvalue weighted by Crippen LogP contribution is 2.38. The maximum atomic E-state index is 14.9. The summed E-state index contributed by atoms with van der Waals surface area (Å²) in [6.07, 6.45) is -4.79. The van der Waals surface area contributed by atoms with Crippen LogP contribution in [0.2, 0.25) is 0 Å². The molecule has 21 heteroatoms. The van der Waals surface area contributed by atoms with E-state index in [1.165, 1.54) is 12.1 Å². The summed E-state index contributed by atoms with van der Waals surface area (Å²) in [6.45, 7) is 0. The van der Waals surface area contributed by atoms with Crippen molar-refractivity contribution < 1.29 is 27.4 Å². The molecule has 1 aliphatic heterocycles. The summed E-state index contributed by atoms with van der Waals surface area (Å²) in [5.74, 6) is 0.492. The van der Waals surface area contributed by atoms with Gasteiger partial charge in [0.15, 0.2) is 15.7 Å². The van der Waals surface area contributed by atoms with Crippen molar-refractivity contribution in [2.24, 2.45) is 0 Å². The molecule has 1 aromatic heterocycles. The van der Waals surface area contributed by atoms with Crippen LogP contribution >= 0.6 is 0 Å². The molecule has 42 heavy (non-hydrogen) atoms. The van der Waals surface area contributed by atoms with E-state index in [1.54, 1.807) is 12.1 Å². The maximum Gasteiger partial charge on any atom is 0.573 e. The quantitative estimate of drug-likeness (QED) is 0.299. The Morgan fingerprint density at radius 1 is 0.786 bits per heavy atom. The molecule has 0 unspecified atom stereocenters. The number of carbonyl (C=O) groups is 1. The molecule has 0 saturated heterocycles. The highest BCUT2D eigenvalue weighted by atomic mass is 19.4. The second-order valence-electron chi connectivity index (χ2n) is 12.7. The fourth-order valence-corrected chi connectivity index (χ4v) is 5.88. The largest absolute Gasteiger partial charge is 0.573 e. The van der Waals surface area contributed by atoms with Crippen LogP contribution < -0.4 is 42.5 Å². The number of halogens is 3. The third kappa shape index (κ3) is 5.25. The fraction of sp³-hybridized carbons (Fsp3) is 0.190. The molecule has 0 N–H and O–H groups in total. The predicted octanol–water partition coefficient (Wildman–Crippen LogP) is -12.7. The van der Waals surface area contributed by atoms with Crippen LogP contribution in [0.4, 0.5) is 13.2 Å². The molecular formula is C21H28B12F3N3O3. The lowest BCUT2D eigenvalue weighted by Crippen LogP contribution is -2.74. The van der Waals surface area contributed by atoms with Gasteiger partial charge in [0.05, 0.1) is 5.56 Å². The Hall–Kier alpha value is -2.84. The minimum atomic E-state index is -4.79. The van der Waals surface area contributed by atoms with Crippen molar-refractivity contribution in [3.63, 3.8) is 0 Å². The maximum absolute atomic E-state index is 14.9. The van der Waals surface area contributed by atoms with Crippen LogP contribution in [0.1, 0.15) is 16.2 Å². The first-order valence-corrected chi connectivity index (χ1v) is 14.0. The van der Waals surface area contributed by atoms with Gasteiger partial charge in [0, 0.05) is 16.1 Å². The normalized spacial score (nSPS) is 16.3. The van der Waals surface area contributed by atoms with Crippen LogP contribution in [0.3, 0.4) is 0 Å². The highest BCUT2D eigenvalue weighted by molar-refractivity contribution is 6.59. The van der Waals surface area contributed by atoms with E-state index in [0.717, 1.165) is 33.1 Å². The van der Waals surface area contributed by atoms with E-state index in [0.29, 0.717) is 28.2 Å². The molecule has 4 rings (SSSR count). The zero-order valence-corrected chi connectivity index (χ0v) is 26.5. The van der Waals surface area contributed by atoms with Crippen molar-refractivity contribution in [3.8, 4) is 22.6 Å². The lowest BCUT2D eigenvalue weighted by Gasteiger charge is -2.54. The first-order chi connectivity index (χ1) is 19.1. The summed E-state index contributed by atoms with van der Waals surface area (Å²) in [5.41, 5.74) is 6.88. The molecule has 0 bridgehead atoms. The number of ether oxygens (including phenoxy) is 2. The standard InChI is InChI=1S/C21H28B12F3N3O3/c22-9-7(5-1-3-6(4-2-5)41-21(34,35)36)10(23)11(24)13-8(9)16(40)39(19(30,31)20(32,33)42-13)18(28,29)17-37-14(26)12(25)15(27)38-17/h1-4H,22-33H2. The van der Waals surface area contributed by atoms with Crippen molar-refractivity contribution in [1.29, 1.82) is 0 Å². The number of hydrogen-bond acceptors (Lipinski definition) is 5. The number of aromatic nitrogens is 2. The van der Waals surface area contributed by atoms with Gasteiger partial charge in [-0.25, -0.2) is 9.97 Å². The number of carbonyl (C=O) groups excluding carboxylic acids is 1. The Bertz CT molecular complexity index is 1580. The molecule has 0 radical (unpaired) electrons. The Labute approximate surface area is 255 Å². The average Bonchev–Trinajstić information content (AvgIpc) is 2.91. The molecule has 0 atom stereocenters. The second-order valence-corrected chi connectivity index (χ2v) is 12.7. The molecule has 2 heterocycles. The van der Waals surface area contributed by atoms with Gasteiger partial charge in [-0.15, -0.1) is 13.2 Å². The number of fused-ring (bicyclic) bond motifs is 1. The highest BCUT2D eigenvalue weighted by Gasteiger charge is 2.54. The molecule has 3 aromatic rings. The predicted molar refractivity (Wildman–Crippen MR) is 195 cm³/mol. The molecule has 2 aromatic carbocycles. The SMILES string of the molecule is Bc1nc(C(B)(B)N2C(=O)c3c(B)c(-c4ccc(OC(F)(F)F)cc4)c(B)c(B)c3OC(B)(B)C2(B)B)nc(B)c1B. The van der Waals surface area contributed by atoms with Crippen LogP contribution in [0.5, 0.6) is 11.5 Å². The number of rotatable bonds is 4. The minimum Gasteiger partial charge on any atom is -0.504 e. The minimum absolute atomic E-state index is 0.232. The lowest BCUT2D eigenvalue weighted by molar-refractivity contribution is -0.274. The topological polar surface area (TPSA) is 64.6 Å². The number of alkyl halides is 3. The third-order valence-electron chi connectivity index (χ3n) is 9.18. The van der Waals surface area contributed by atoms with Crippen LogP contribution in [0.25, 0.3) is 11.1 Å². The van der Waals surface area contributed by atoms with E-state index in [4.69, 9.17) is 14.7 Å². The first-order valence-electron chi connectivity index (χ1n) is 14.0. The van der Waals surface area contributed by atoms with Gasteiger partial charge in [-0.2, -0.15) is 0 Å². The van der Waals surface area contributed by atoms with E-state index < -0.39 is 22.4 Å². The number of hydrogen-bond donors (Lipinski definition) is 0. The van der Waals surface area contributed by atoms with Crippen LogP contribution in [-0.2, 0) is 5.34 Å². The Morgan fingerprint density at radius 2 is 1.31 bits per heavy atom. The summed E-state index contributed by atoms with van der Waals surface area (Å²) < 4.78 is 49.2. The van der Waals surface area contributed by atoms with Gasteiger partial charge < -0.3 is 14.4 Å². The van der Waals surface area contributed by atoms with Gasteiger partial charge in [0.25, 0.3) is 5.91 Å². The molecule has 0 fully saturated rings. The molecule has 0 spiro atoms. The van der Waals surface area contributed by atoms with Crippen LogP contribution in [0.15, 0.2) is 24.3 Å². The van der Waals surface area contributed by atoms with Gasteiger partial charge in [-0.05, 0) is 34.4 Å².